The Labute approximate surface area is 73.1 Å². The predicted octanol–water partition coefficient (Wildman–Crippen LogP) is 3.02. The molecule has 1 heterocycles. The molecule has 0 aromatic carbocycles. The zero-order valence-corrected chi connectivity index (χ0v) is 7.68. The van der Waals surface area contributed by atoms with Gasteiger partial charge in [-0.05, 0) is 38.3 Å². The molecule has 64 valence electrons. The maximum absolute atomic E-state index is 5.60. The molecule has 0 amide bonds. The van der Waals surface area contributed by atoms with Gasteiger partial charge in [0, 0.05) is 6.42 Å². The van der Waals surface area contributed by atoms with Crippen LogP contribution in [-0.2, 0) is 12.8 Å². The molecule has 2 rings (SSSR count). The second-order valence-corrected chi connectivity index (χ2v) is 3.56. The number of hydrogen-bond acceptors (Lipinski definition) is 1. The molecule has 12 heavy (non-hydrogen) atoms. The average molecular weight is 162 g/mol. The van der Waals surface area contributed by atoms with Crippen molar-refractivity contribution in [1.82, 2.24) is 0 Å². The van der Waals surface area contributed by atoms with Gasteiger partial charge in [-0.15, -0.1) is 0 Å². The van der Waals surface area contributed by atoms with E-state index in [1.54, 1.807) is 0 Å². The third kappa shape index (κ3) is 1.31. The van der Waals surface area contributed by atoms with E-state index in [-0.39, 0.29) is 0 Å². The Hall–Kier alpha value is -0.980. The SMILES string of the molecule is CC1=CCc2cc(C)oc2CC1. The van der Waals surface area contributed by atoms with Crippen molar-refractivity contribution >= 4 is 0 Å². The molecular formula is C11H14O. The van der Waals surface area contributed by atoms with Gasteiger partial charge >= 0.3 is 0 Å². The normalized spacial score (nSPS) is 16.7. The zero-order valence-electron chi connectivity index (χ0n) is 7.68. The summed E-state index contributed by atoms with van der Waals surface area (Å²) in [5, 5.41) is 0. The molecule has 0 saturated carbocycles. The van der Waals surface area contributed by atoms with Crippen LogP contribution in [0.2, 0.25) is 0 Å². The topological polar surface area (TPSA) is 13.1 Å². The minimum Gasteiger partial charge on any atom is -0.466 e. The van der Waals surface area contributed by atoms with Crippen LogP contribution in [0.4, 0.5) is 0 Å². The van der Waals surface area contributed by atoms with Crippen molar-refractivity contribution in [2.45, 2.75) is 33.1 Å². The molecule has 0 radical (unpaired) electrons. The fraction of sp³-hybridized carbons (Fsp3) is 0.455. The van der Waals surface area contributed by atoms with Gasteiger partial charge in [0.05, 0.1) is 0 Å². The van der Waals surface area contributed by atoms with E-state index >= 15 is 0 Å². The third-order valence-electron chi connectivity index (χ3n) is 2.44. The fourth-order valence-electron chi connectivity index (χ4n) is 1.70. The Morgan fingerprint density at radius 1 is 1.25 bits per heavy atom. The summed E-state index contributed by atoms with van der Waals surface area (Å²) in [7, 11) is 0. The van der Waals surface area contributed by atoms with Crippen LogP contribution in [0.1, 0.15) is 30.4 Å². The van der Waals surface area contributed by atoms with Crippen molar-refractivity contribution in [3.63, 3.8) is 0 Å². The van der Waals surface area contributed by atoms with Crippen molar-refractivity contribution < 1.29 is 4.42 Å². The molecule has 0 bridgehead atoms. The molecule has 1 aromatic rings. The molecule has 0 fully saturated rings. The average Bonchev–Trinajstić information content (AvgIpc) is 2.31. The lowest BCUT2D eigenvalue weighted by atomic mass is 10.1. The molecule has 0 aliphatic heterocycles. The summed E-state index contributed by atoms with van der Waals surface area (Å²) in [6, 6.07) is 2.16. The van der Waals surface area contributed by atoms with Crippen LogP contribution in [0.3, 0.4) is 0 Å². The van der Waals surface area contributed by atoms with Crippen molar-refractivity contribution in [3.05, 3.63) is 34.8 Å². The van der Waals surface area contributed by atoms with Crippen LogP contribution in [0.25, 0.3) is 0 Å². The van der Waals surface area contributed by atoms with E-state index in [4.69, 9.17) is 4.42 Å². The van der Waals surface area contributed by atoms with E-state index in [0.717, 1.165) is 25.0 Å². The summed E-state index contributed by atoms with van der Waals surface area (Å²) < 4.78 is 5.60. The van der Waals surface area contributed by atoms with Crippen molar-refractivity contribution in [2.75, 3.05) is 0 Å². The third-order valence-corrected chi connectivity index (χ3v) is 2.44. The quantitative estimate of drug-likeness (QED) is 0.534. The monoisotopic (exact) mass is 162 g/mol. The number of hydrogen-bond donors (Lipinski definition) is 0. The Bertz CT molecular complexity index is 318. The molecule has 0 spiro atoms. The van der Waals surface area contributed by atoms with E-state index in [9.17, 15) is 0 Å². The van der Waals surface area contributed by atoms with Gasteiger partial charge in [0.25, 0.3) is 0 Å². The lowest BCUT2D eigenvalue weighted by Crippen LogP contribution is -1.83. The highest BCUT2D eigenvalue weighted by Crippen LogP contribution is 2.22. The van der Waals surface area contributed by atoms with E-state index in [0.29, 0.717) is 0 Å². The van der Waals surface area contributed by atoms with Crippen LogP contribution in [0, 0.1) is 6.92 Å². The van der Waals surface area contributed by atoms with Crippen molar-refractivity contribution in [1.29, 1.82) is 0 Å². The van der Waals surface area contributed by atoms with E-state index in [1.807, 2.05) is 6.92 Å². The first kappa shape index (κ1) is 7.66. The van der Waals surface area contributed by atoms with Crippen molar-refractivity contribution in [3.8, 4) is 0 Å². The van der Waals surface area contributed by atoms with Gasteiger partial charge in [0.2, 0.25) is 0 Å². The zero-order chi connectivity index (χ0) is 8.55. The van der Waals surface area contributed by atoms with Crippen LogP contribution < -0.4 is 0 Å². The number of rotatable bonds is 0. The molecule has 0 N–H and O–H groups in total. The first-order chi connectivity index (χ1) is 5.75. The standard InChI is InChI=1S/C11H14O/c1-8-3-5-10-7-9(2)12-11(10)6-4-8/h3,7H,4-6H2,1-2H3. The smallest absolute Gasteiger partial charge is 0.107 e. The highest BCUT2D eigenvalue weighted by molar-refractivity contribution is 5.27. The minimum atomic E-state index is 1.05. The molecular weight excluding hydrogens is 148 g/mol. The largest absolute Gasteiger partial charge is 0.466 e. The van der Waals surface area contributed by atoms with E-state index in [1.165, 1.54) is 16.9 Å². The molecule has 1 heteroatoms. The molecule has 1 aromatic heterocycles. The van der Waals surface area contributed by atoms with Gasteiger partial charge in [-0.2, -0.15) is 0 Å². The van der Waals surface area contributed by atoms with Crippen LogP contribution in [0.5, 0.6) is 0 Å². The van der Waals surface area contributed by atoms with Crippen LogP contribution >= 0.6 is 0 Å². The summed E-state index contributed by atoms with van der Waals surface area (Å²) in [5.74, 6) is 2.24. The van der Waals surface area contributed by atoms with Gasteiger partial charge < -0.3 is 4.42 Å². The molecule has 0 unspecified atom stereocenters. The Kier molecular flexibility index (Phi) is 1.80. The number of allylic oxidation sites excluding steroid dienone is 2. The van der Waals surface area contributed by atoms with Crippen LogP contribution in [0.15, 0.2) is 22.1 Å². The van der Waals surface area contributed by atoms with Gasteiger partial charge in [-0.3, -0.25) is 0 Å². The molecule has 1 aliphatic rings. The first-order valence-electron chi connectivity index (χ1n) is 4.49. The highest BCUT2D eigenvalue weighted by Gasteiger charge is 2.10. The number of furan rings is 1. The van der Waals surface area contributed by atoms with Crippen molar-refractivity contribution in [2.24, 2.45) is 0 Å². The maximum Gasteiger partial charge on any atom is 0.107 e. The molecule has 0 saturated heterocycles. The van der Waals surface area contributed by atoms with Gasteiger partial charge in [0.1, 0.15) is 11.5 Å². The lowest BCUT2D eigenvalue weighted by Gasteiger charge is -1.94. The van der Waals surface area contributed by atoms with E-state index in [2.05, 4.69) is 19.1 Å². The molecule has 0 atom stereocenters. The minimum absolute atomic E-state index is 1.05. The second-order valence-electron chi connectivity index (χ2n) is 3.56. The summed E-state index contributed by atoms with van der Waals surface area (Å²) in [6.07, 6.45) is 5.59. The molecule has 1 aliphatic carbocycles. The van der Waals surface area contributed by atoms with E-state index < -0.39 is 0 Å². The fourth-order valence-corrected chi connectivity index (χ4v) is 1.70. The molecule has 1 nitrogen and oxygen atoms in total. The summed E-state index contributed by atoms with van der Waals surface area (Å²) >= 11 is 0. The Morgan fingerprint density at radius 2 is 2.08 bits per heavy atom. The summed E-state index contributed by atoms with van der Waals surface area (Å²) in [6.45, 7) is 4.21. The summed E-state index contributed by atoms with van der Waals surface area (Å²) in [5.41, 5.74) is 2.86. The number of aryl methyl sites for hydroxylation is 2. The van der Waals surface area contributed by atoms with Gasteiger partial charge in [0.15, 0.2) is 0 Å². The van der Waals surface area contributed by atoms with Crippen LogP contribution in [-0.4, -0.2) is 0 Å². The predicted molar refractivity (Wildman–Crippen MR) is 49.2 cm³/mol. The highest BCUT2D eigenvalue weighted by atomic mass is 16.3. The Balaban J connectivity index is 2.34. The number of fused-ring (bicyclic) bond motifs is 1. The summed E-state index contributed by atoms with van der Waals surface area (Å²) in [4.78, 5) is 0. The maximum atomic E-state index is 5.60. The van der Waals surface area contributed by atoms with Gasteiger partial charge in [-0.25, -0.2) is 0 Å². The van der Waals surface area contributed by atoms with Gasteiger partial charge in [-0.1, -0.05) is 11.6 Å². The Morgan fingerprint density at radius 3 is 2.92 bits per heavy atom. The lowest BCUT2D eigenvalue weighted by molar-refractivity contribution is 0.480. The second kappa shape index (κ2) is 2.81. The first-order valence-corrected chi connectivity index (χ1v) is 4.49.